The Hall–Kier alpha value is -3.55. The highest BCUT2D eigenvalue weighted by atomic mass is 16.7. The van der Waals surface area contributed by atoms with Gasteiger partial charge in [-0.05, 0) is 85.6 Å². The number of hydrogen-bond acceptors (Lipinski definition) is 5. The highest BCUT2D eigenvalue weighted by molar-refractivity contribution is 6.56. The van der Waals surface area contributed by atoms with E-state index in [4.69, 9.17) is 19.8 Å². The lowest BCUT2D eigenvalue weighted by Gasteiger charge is -2.32. The molecule has 38 heavy (non-hydrogen) atoms. The van der Waals surface area contributed by atoms with Crippen molar-refractivity contribution < 1.29 is 18.8 Å². The fraction of sp³-hybridized carbons (Fsp3) is 0.323. The van der Waals surface area contributed by atoms with Gasteiger partial charge in [0.25, 0.3) is 0 Å². The number of nitrogen functional groups attached to an aromatic ring is 1. The van der Waals surface area contributed by atoms with Crippen LogP contribution in [0.25, 0.3) is 17.2 Å². The van der Waals surface area contributed by atoms with Crippen LogP contribution in [-0.2, 0) is 14.0 Å². The molecule has 3 aromatic rings. The Morgan fingerprint density at radius 2 is 1.55 bits per heavy atom. The molecule has 1 saturated heterocycles. The minimum atomic E-state index is -0.615. The first kappa shape index (κ1) is 26.1. The second-order valence-corrected chi connectivity index (χ2v) is 11.2. The van der Waals surface area contributed by atoms with Gasteiger partial charge < -0.3 is 25.1 Å². The average molecular weight is 510 g/mol. The maximum Gasteiger partial charge on any atom is 0.492 e. The first-order valence-corrected chi connectivity index (χ1v) is 13.1. The van der Waals surface area contributed by atoms with E-state index in [1.54, 1.807) is 0 Å². The van der Waals surface area contributed by atoms with Crippen molar-refractivity contribution in [1.29, 1.82) is 0 Å². The fourth-order valence-electron chi connectivity index (χ4n) is 5.16. The number of fused-ring (bicyclic) bond motifs is 3. The number of carbonyl (C=O) groups excluding carboxylic acids is 1. The number of amides is 1. The second kappa shape index (κ2) is 9.97. The summed E-state index contributed by atoms with van der Waals surface area (Å²) in [4.78, 5) is 12.9. The van der Waals surface area contributed by atoms with E-state index >= 15 is 0 Å². The van der Waals surface area contributed by atoms with Gasteiger partial charge in [-0.25, -0.2) is 4.79 Å². The fourth-order valence-corrected chi connectivity index (χ4v) is 5.16. The molecule has 1 aliphatic heterocycles. The average Bonchev–Trinajstić information content (AvgIpc) is 3.29. The van der Waals surface area contributed by atoms with E-state index in [0.717, 1.165) is 16.6 Å². The molecule has 0 atom stereocenters. The molecule has 3 aromatic carbocycles. The first-order valence-electron chi connectivity index (χ1n) is 13.1. The van der Waals surface area contributed by atoms with Crippen molar-refractivity contribution in [3.63, 3.8) is 0 Å². The number of hydrogen-bond donors (Lipinski definition) is 2. The lowest BCUT2D eigenvalue weighted by atomic mass is 9.77. The van der Waals surface area contributed by atoms with Crippen molar-refractivity contribution >= 4 is 25.0 Å². The van der Waals surface area contributed by atoms with E-state index in [2.05, 4.69) is 29.6 Å². The molecule has 0 aromatic heterocycles. The third kappa shape index (κ3) is 5.09. The number of aryl methyl sites for hydroxylation is 1. The van der Waals surface area contributed by atoms with Gasteiger partial charge in [-0.1, -0.05) is 60.7 Å². The molecular weight excluding hydrogens is 475 g/mol. The molecule has 0 spiro atoms. The highest BCUT2D eigenvalue weighted by Crippen LogP contribution is 2.44. The highest BCUT2D eigenvalue weighted by Gasteiger charge is 2.52. The molecule has 2 aliphatic rings. The van der Waals surface area contributed by atoms with Crippen LogP contribution in [0.3, 0.4) is 0 Å². The number of carbonyl (C=O) groups is 1. The topological polar surface area (TPSA) is 82.8 Å². The summed E-state index contributed by atoms with van der Waals surface area (Å²) in [6, 6.07) is 22.4. The largest absolute Gasteiger partial charge is 0.492 e. The molecule has 1 fully saturated rings. The second-order valence-electron chi connectivity index (χ2n) is 11.2. The predicted molar refractivity (Wildman–Crippen MR) is 153 cm³/mol. The van der Waals surface area contributed by atoms with Crippen molar-refractivity contribution in [3.05, 3.63) is 94.5 Å². The minimum Gasteiger partial charge on any atom is -0.449 e. The van der Waals surface area contributed by atoms with Crippen LogP contribution in [0.5, 0.6) is 0 Å². The lowest BCUT2D eigenvalue weighted by Crippen LogP contribution is -2.41. The molecular formula is C31H35BN2O4. The third-order valence-corrected chi connectivity index (χ3v) is 7.81. The van der Waals surface area contributed by atoms with Crippen molar-refractivity contribution in [3.8, 4) is 11.1 Å². The Morgan fingerprint density at radius 3 is 2.13 bits per heavy atom. The number of anilines is 1. The molecule has 6 nitrogen and oxygen atoms in total. The SMILES string of the molecule is Cc1cc(N)cc(C=C(CNC(=O)OCC2c3ccccc3-c3ccccc32)B2OC(C)(C)C(C)(C)O2)c1. The molecule has 196 valence electrons. The number of alkyl carbamates (subject to hydrolysis) is 1. The Kier molecular flexibility index (Phi) is 6.84. The summed E-state index contributed by atoms with van der Waals surface area (Å²) in [5, 5.41) is 2.92. The van der Waals surface area contributed by atoms with Crippen molar-refractivity contribution in [2.75, 3.05) is 18.9 Å². The maximum absolute atomic E-state index is 12.9. The molecule has 0 bridgehead atoms. The van der Waals surface area contributed by atoms with Crippen LogP contribution >= 0.6 is 0 Å². The number of benzene rings is 3. The number of rotatable bonds is 6. The quantitative estimate of drug-likeness (QED) is 0.308. The summed E-state index contributed by atoms with van der Waals surface area (Å²) in [5.41, 5.74) is 13.2. The van der Waals surface area contributed by atoms with E-state index in [-0.39, 0.29) is 19.1 Å². The molecule has 3 N–H and O–H groups in total. The lowest BCUT2D eigenvalue weighted by molar-refractivity contribution is 0.00578. The van der Waals surface area contributed by atoms with Crippen molar-refractivity contribution in [1.82, 2.24) is 5.32 Å². The summed E-state index contributed by atoms with van der Waals surface area (Å²) in [7, 11) is -0.615. The maximum atomic E-state index is 12.9. The van der Waals surface area contributed by atoms with E-state index in [9.17, 15) is 4.79 Å². The summed E-state index contributed by atoms with van der Waals surface area (Å²) >= 11 is 0. The Morgan fingerprint density at radius 1 is 0.974 bits per heavy atom. The van der Waals surface area contributed by atoms with Crippen LogP contribution in [-0.4, -0.2) is 37.6 Å². The molecule has 7 heteroatoms. The van der Waals surface area contributed by atoms with Gasteiger partial charge in [-0.3, -0.25) is 0 Å². The van der Waals surface area contributed by atoms with Gasteiger partial charge in [0.1, 0.15) is 6.61 Å². The van der Waals surface area contributed by atoms with Gasteiger partial charge in [0.2, 0.25) is 0 Å². The van der Waals surface area contributed by atoms with E-state index in [1.807, 2.05) is 83.2 Å². The number of nitrogens with two attached hydrogens (primary N) is 1. The normalized spacial score (nSPS) is 17.7. The third-order valence-electron chi connectivity index (χ3n) is 7.81. The van der Waals surface area contributed by atoms with Gasteiger partial charge in [0.05, 0.1) is 11.2 Å². The van der Waals surface area contributed by atoms with Crippen LogP contribution in [0.4, 0.5) is 10.5 Å². The van der Waals surface area contributed by atoms with Crippen LogP contribution in [0.15, 0.2) is 72.2 Å². The predicted octanol–water partition coefficient (Wildman–Crippen LogP) is 6.13. The van der Waals surface area contributed by atoms with Crippen LogP contribution in [0, 0.1) is 6.92 Å². The number of ether oxygens (including phenoxy) is 1. The summed E-state index contributed by atoms with van der Waals surface area (Å²) in [6.45, 7) is 10.5. The summed E-state index contributed by atoms with van der Waals surface area (Å²) < 4.78 is 18.3. The molecule has 0 unspecified atom stereocenters. The monoisotopic (exact) mass is 510 g/mol. The van der Waals surface area contributed by atoms with Crippen LogP contribution < -0.4 is 11.1 Å². The van der Waals surface area contributed by atoms with Crippen molar-refractivity contribution in [2.24, 2.45) is 0 Å². The standard InChI is InChI=1S/C31H35BN2O4/c1-20-14-21(17-23(33)15-20)16-22(32-37-30(2,3)31(4,5)38-32)18-34-29(35)36-19-28-26-12-8-6-10-24(26)25-11-7-9-13-27(25)28/h6-17,28H,18-19,33H2,1-5H3,(H,34,35). The zero-order valence-corrected chi connectivity index (χ0v) is 22.7. The smallest absolute Gasteiger partial charge is 0.449 e. The van der Waals surface area contributed by atoms with E-state index < -0.39 is 24.4 Å². The Balaban J connectivity index is 1.31. The van der Waals surface area contributed by atoms with Gasteiger partial charge >= 0.3 is 13.2 Å². The summed E-state index contributed by atoms with van der Waals surface area (Å²) in [5.74, 6) is 0.00142. The zero-order chi connectivity index (χ0) is 27.1. The van der Waals surface area contributed by atoms with Crippen LogP contribution in [0.2, 0.25) is 0 Å². The molecule has 1 heterocycles. The van der Waals surface area contributed by atoms with E-state index in [0.29, 0.717) is 5.69 Å². The number of nitrogens with one attached hydrogen (secondary N) is 1. The molecule has 0 saturated carbocycles. The van der Waals surface area contributed by atoms with E-state index in [1.165, 1.54) is 22.3 Å². The van der Waals surface area contributed by atoms with Crippen molar-refractivity contribution in [2.45, 2.75) is 51.7 Å². The summed E-state index contributed by atoms with van der Waals surface area (Å²) in [6.07, 6.45) is 1.48. The molecule has 1 amide bonds. The van der Waals surface area contributed by atoms with Crippen LogP contribution in [0.1, 0.15) is 55.9 Å². The zero-order valence-electron chi connectivity index (χ0n) is 22.7. The van der Waals surface area contributed by atoms with Gasteiger partial charge in [-0.15, -0.1) is 0 Å². The Bertz CT molecular complexity index is 1320. The minimum absolute atomic E-state index is 0.00142. The molecule has 0 radical (unpaired) electrons. The Labute approximate surface area is 225 Å². The van der Waals surface area contributed by atoms with Gasteiger partial charge in [0.15, 0.2) is 0 Å². The van der Waals surface area contributed by atoms with Gasteiger partial charge in [0, 0.05) is 18.2 Å². The van der Waals surface area contributed by atoms with Gasteiger partial charge in [-0.2, -0.15) is 0 Å². The molecule has 5 rings (SSSR count). The molecule has 1 aliphatic carbocycles. The first-order chi connectivity index (χ1) is 18.0.